The molecule has 2 rings (SSSR count). The summed E-state index contributed by atoms with van der Waals surface area (Å²) in [6, 6.07) is 7.73. The second-order valence-electron chi connectivity index (χ2n) is 6.57. The van der Waals surface area contributed by atoms with Crippen molar-refractivity contribution < 1.29 is 19.1 Å². The van der Waals surface area contributed by atoms with E-state index in [-0.39, 0.29) is 37.0 Å². The van der Waals surface area contributed by atoms with Crippen molar-refractivity contribution in [1.82, 2.24) is 9.80 Å². The van der Waals surface area contributed by atoms with Crippen LogP contribution in [0, 0.1) is 0 Å². The summed E-state index contributed by atoms with van der Waals surface area (Å²) in [5, 5.41) is 0. The summed E-state index contributed by atoms with van der Waals surface area (Å²) < 4.78 is 5.71. The molecule has 0 saturated carbocycles. The zero-order chi connectivity index (χ0) is 18.9. The zero-order valence-corrected chi connectivity index (χ0v) is 15.7. The van der Waals surface area contributed by atoms with Gasteiger partial charge in [0.05, 0.1) is 0 Å². The van der Waals surface area contributed by atoms with Gasteiger partial charge in [-0.3, -0.25) is 9.59 Å². The van der Waals surface area contributed by atoms with Crippen LogP contribution in [-0.2, 0) is 20.8 Å². The smallest absolute Gasteiger partial charge is 0.260 e. The van der Waals surface area contributed by atoms with E-state index in [1.165, 1.54) is 6.92 Å². The van der Waals surface area contributed by atoms with Gasteiger partial charge in [0.2, 0.25) is 5.91 Å². The number of hydrogen-bond acceptors (Lipinski definition) is 4. The van der Waals surface area contributed by atoms with Crippen LogP contribution in [0.15, 0.2) is 24.3 Å². The summed E-state index contributed by atoms with van der Waals surface area (Å²) in [6.45, 7) is 5.81. The minimum absolute atomic E-state index is 0.00922. The maximum atomic E-state index is 12.5. The van der Waals surface area contributed by atoms with E-state index in [1.807, 2.05) is 24.3 Å². The molecule has 0 spiro atoms. The van der Waals surface area contributed by atoms with Crippen LogP contribution >= 0.6 is 0 Å². The first kappa shape index (κ1) is 19.9. The highest BCUT2D eigenvalue weighted by molar-refractivity contribution is 5.83. The molecule has 6 nitrogen and oxygen atoms in total. The molecule has 1 heterocycles. The number of para-hydroxylation sites is 1. The van der Waals surface area contributed by atoms with Crippen LogP contribution in [0.25, 0.3) is 0 Å². The Morgan fingerprint density at radius 2 is 1.62 bits per heavy atom. The number of Topliss-reactive ketones (excluding diaryl/α,β-unsaturated/α-hetero) is 1. The SMILES string of the molecule is CCc1ccccc1OCC(=O)N1CCCN(C(=O)CCC(C)=O)CC1. The number of carbonyl (C=O) groups is 3. The summed E-state index contributed by atoms with van der Waals surface area (Å²) >= 11 is 0. The molecule has 1 aliphatic heterocycles. The molecule has 1 aromatic carbocycles. The van der Waals surface area contributed by atoms with E-state index in [4.69, 9.17) is 4.74 Å². The molecule has 142 valence electrons. The minimum Gasteiger partial charge on any atom is -0.483 e. The lowest BCUT2D eigenvalue weighted by Crippen LogP contribution is -2.39. The van der Waals surface area contributed by atoms with Gasteiger partial charge in [0.15, 0.2) is 6.61 Å². The molecule has 0 aliphatic carbocycles. The highest BCUT2D eigenvalue weighted by atomic mass is 16.5. The van der Waals surface area contributed by atoms with Crippen LogP contribution in [0.3, 0.4) is 0 Å². The van der Waals surface area contributed by atoms with Crippen LogP contribution in [-0.4, -0.2) is 60.2 Å². The Labute approximate surface area is 155 Å². The molecule has 1 fully saturated rings. The van der Waals surface area contributed by atoms with Gasteiger partial charge in [0.1, 0.15) is 11.5 Å². The standard InChI is InChI=1S/C20H28N2O4/c1-3-17-7-4-5-8-18(17)26-15-20(25)22-12-6-11-21(13-14-22)19(24)10-9-16(2)23/h4-5,7-8H,3,6,9-15H2,1-2H3. The first-order chi connectivity index (χ1) is 12.5. The molecule has 6 heteroatoms. The summed E-state index contributed by atoms with van der Waals surface area (Å²) in [7, 11) is 0. The Hall–Kier alpha value is -2.37. The fourth-order valence-corrected chi connectivity index (χ4v) is 3.02. The van der Waals surface area contributed by atoms with Gasteiger partial charge in [-0.2, -0.15) is 0 Å². The van der Waals surface area contributed by atoms with E-state index < -0.39 is 0 Å². The Kier molecular flexibility index (Phi) is 7.63. The van der Waals surface area contributed by atoms with Gasteiger partial charge in [0, 0.05) is 39.0 Å². The van der Waals surface area contributed by atoms with Crippen LogP contribution in [0.4, 0.5) is 0 Å². The van der Waals surface area contributed by atoms with Crippen molar-refractivity contribution in [2.24, 2.45) is 0 Å². The molecule has 1 aliphatic rings. The molecule has 0 atom stereocenters. The van der Waals surface area contributed by atoms with E-state index in [1.54, 1.807) is 9.80 Å². The monoisotopic (exact) mass is 360 g/mol. The van der Waals surface area contributed by atoms with E-state index in [0.29, 0.717) is 26.2 Å². The molecule has 2 amide bonds. The first-order valence-electron chi connectivity index (χ1n) is 9.27. The van der Waals surface area contributed by atoms with Crippen molar-refractivity contribution in [3.63, 3.8) is 0 Å². The van der Waals surface area contributed by atoms with Crippen LogP contribution in [0.2, 0.25) is 0 Å². The number of ether oxygens (including phenoxy) is 1. The predicted molar refractivity (Wildman–Crippen MR) is 99.0 cm³/mol. The van der Waals surface area contributed by atoms with Gasteiger partial charge in [-0.1, -0.05) is 25.1 Å². The van der Waals surface area contributed by atoms with Gasteiger partial charge in [-0.05, 0) is 31.4 Å². The summed E-state index contributed by atoms with van der Waals surface area (Å²) in [5.41, 5.74) is 1.08. The third-order valence-electron chi connectivity index (χ3n) is 4.60. The third kappa shape index (κ3) is 5.86. The predicted octanol–water partition coefficient (Wildman–Crippen LogP) is 2.06. The molecule has 0 radical (unpaired) electrons. The first-order valence-corrected chi connectivity index (χ1v) is 9.27. The quantitative estimate of drug-likeness (QED) is 0.746. The lowest BCUT2D eigenvalue weighted by atomic mass is 10.1. The molecule has 0 unspecified atom stereocenters. The van der Waals surface area contributed by atoms with Gasteiger partial charge >= 0.3 is 0 Å². The number of benzene rings is 1. The summed E-state index contributed by atoms with van der Waals surface area (Å²) in [6.07, 6.45) is 2.12. The Bertz CT molecular complexity index is 644. The van der Waals surface area contributed by atoms with E-state index in [0.717, 1.165) is 24.2 Å². The number of ketones is 1. The molecular formula is C20H28N2O4. The Morgan fingerprint density at radius 1 is 0.962 bits per heavy atom. The van der Waals surface area contributed by atoms with Crippen molar-refractivity contribution in [2.75, 3.05) is 32.8 Å². The van der Waals surface area contributed by atoms with Gasteiger partial charge in [-0.15, -0.1) is 0 Å². The topological polar surface area (TPSA) is 66.9 Å². The zero-order valence-electron chi connectivity index (χ0n) is 15.7. The number of rotatable bonds is 7. The number of aryl methyl sites for hydroxylation is 1. The maximum Gasteiger partial charge on any atom is 0.260 e. The average Bonchev–Trinajstić information content (AvgIpc) is 2.90. The molecule has 1 saturated heterocycles. The molecular weight excluding hydrogens is 332 g/mol. The van der Waals surface area contributed by atoms with Crippen LogP contribution in [0.5, 0.6) is 5.75 Å². The number of amides is 2. The molecule has 26 heavy (non-hydrogen) atoms. The van der Waals surface area contributed by atoms with Gasteiger partial charge in [0.25, 0.3) is 5.91 Å². The van der Waals surface area contributed by atoms with Crippen molar-refractivity contribution in [1.29, 1.82) is 0 Å². The van der Waals surface area contributed by atoms with Crippen LogP contribution < -0.4 is 4.74 Å². The third-order valence-corrected chi connectivity index (χ3v) is 4.60. The summed E-state index contributed by atoms with van der Waals surface area (Å²) in [4.78, 5) is 39.2. The highest BCUT2D eigenvalue weighted by Gasteiger charge is 2.22. The van der Waals surface area contributed by atoms with Crippen LogP contribution in [0.1, 0.15) is 38.7 Å². The second kappa shape index (κ2) is 9.94. The lowest BCUT2D eigenvalue weighted by Gasteiger charge is -2.22. The Morgan fingerprint density at radius 3 is 2.27 bits per heavy atom. The van der Waals surface area contributed by atoms with Crippen molar-refractivity contribution in [2.45, 2.75) is 39.5 Å². The fourth-order valence-electron chi connectivity index (χ4n) is 3.02. The van der Waals surface area contributed by atoms with Gasteiger partial charge in [-0.25, -0.2) is 0 Å². The maximum absolute atomic E-state index is 12.5. The largest absolute Gasteiger partial charge is 0.483 e. The van der Waals surface area contributed by atoms with Crippen molar-refractivity contribution in [3.05, 3.63) is 29.8 Å². The van der Waals surface area contributed by atoms with E-state index in [2.05, 4.69) is 6.92 Å². The minimum atomic E-state index is -0.0612. The van der Waals surface area contributed by atoms with E-state index in [9.17, 15) is 14.4 Å². The van der Waals surface area contributed by atoms with Gasteiger partial charge < -0.3 is 19.3 Å². The number of carbonyl (C=O) groups excluding carboxylic acids is 3. The molecule has 0 N–H and O–H groups in total. The second-order valence-corrected chi connectivity index (χ2v) is 6.57. The van der Waals surface area contributed by atoms with Crippen molar-refractivity contribution in [3.8, 4) is 5.75 Å². The lowest BCUT2D eigenvalue weighted by molar-refractivity contribution is -0.135. The molecule has 0 bridgehead atoms. The summed E-state index contributed by atoms with van der Waals surface area (Å²) in [5.74, 6) is 0.699. The average molecular weight is 360 g/mol. The normalized spacial score (nSPS) is 14.7. The highest BCUT2D eigenvalue weighted by Crippen LogP contribution is 2.18. The van der Waals surface area contributed by atoms with Crippen molar-refractivity contribution >= 4 is 17.6 Å². The number of hydrogen-bond donors (Lipinski definition) is 0. The molecule has 0 aromatic heterocycles. The fraction of sp³-hybridized carbons (Fsp3) is 0.550. The van der Waals surface area contributed by atoms with E-state index >= 15 is 0 Å². The molecule has 1 aromatic rings. The Balaban J connectivity index is 1.83. The number of nitrogens with zero attached hydrogens (tertiary/aromatic N) is 2.